The number of nitrogens with one attached hydrogen (secondary N) is 1. The number of ether oxygens (including phenoxy) is 1. The molecule has 4 heteroatoms. The summed E-state index contributed by atoms with van der Waals surface area (Å²) in [6.07, 6.45) is 2.49. The lowest BCUT2D eigenvalue weighted by molar-refractivity contribution is 0.231. The molecule has 4 nitrogen and oxygen atoms in total. The molecule has 0 atom stereocenters. The van der Waals surface area contributed by atoms with Crippen LogP contribution in [0.3, 0.4) is 0 Å². The lowest BCUT2D eigenvalue weighted by Crippen LogP contribution is -2.34. The molecule has 0 bridgehead atoms. The fourth-order valence-corrected chi connectivity index (χ4v) is 2.83. The first-order valence-electron chi connectivity index (χ1n) is 7.53. The fourth-order valence-electron chi connectivity index (χ4n) is 2.83. The first-order valence-corrected chi connectivity index (χ1v) is 7.53. The van der Waals surface area contributed by atoms with Gasteiger partial charge in [0.15, 0.2) is 11.5 Å². The molecule has 1 aromatic rings. The Morgan fingerprint density at radius 1 is 1.35 bits per heavy atom. The number of rotatable bonds is 6. The van der Waals surface area contributed by atoms with Crippen LogP contribution in [0.2, 0.25) is 0 Å². The third kappa shape index (κ3) is 4.12. The van der Waals surface area contributed by atoms with E-state index in [0.29, 0.717) is 12.4 Å². The van der Waals surface area contributed by atoms with E-state index in [1.807, 2.05) is 25.1 Å². The van der Waals surface area contributed by atoms with E-state index >= 15 is 0 Å². The van der Waals surface area contributed by atoms with E-state index in [0.717, 1.165) is 37.7 Å². The van der Waals surface area contributed by atoms with Gasteiger partial charge in [0.05, 0.1) is 6.61 Å². The Balaban J connectivity index is 1.93. The van der Waals surface area contributed by atoms with Crippen LogP contribution in [0.15, 0.2) is 18.2 Å². The molecular formula is C16H26N2O2. The monoisotopic (exact) mass is 278 g/mol. The summed E-state index contributed by atoms with van der Waals surface area (Å²) in [4.78, 5) is 2.29. The molecule has 0 radical (unpaired) electrons. The van der Waals surface area contributed by atoms with Crippen LogP contribution in [0, 0.1) is 5.92 Å². The third-order valence-electron chi connectivity index (χ3n) is 3.85. The van der Waals surface area contributed by atoms with Crippen LogP contribution < -0.4 is 10.1 Å². The molecule has 1 aliphatic rings. The second-order valence-corrected chi connectivity index (χ2v) is 5.59. The zero-order valence-electron chi connectivity index (χ0n) is 12.6. The largest absolute Gasteiger partial charge is 0.504 e. The van der Waals surface area contributed by atoms with Crippen molar-refractivity contribution in [2.45, 2.75) is 26.3 Å². The van der Waals surface area contributed by atoms with Crippen molar-refractivity contribution in [2.75, 3.05) is 33.3 Å². The van der Waals surface area contributed by atoms with Crippen molar-refractivity contribution in [3.63, 3.8) is 0 Å². The van der Waals surface area contributed by atoms with Crippen LogP contribution in [-0.4, -0.2) is 43.3 Å². The molecule has 0 saturated carbocycles. The van der Waals surface area contributed by atoms with Crippen molar-refractivity contribution in [3.8, 4) is 11.5 Å². The summed E-state index contributed by atoms with van der Waals surface area (Å²) in [5.74, 6) is 1.63. The molecule has 112 valence electrons. The summed E-state index contributed by atoms with van der Waals surface area (Å²) in [6.45, 7) is 6.60. The molecule has 0 spiro atoms. The number of benzene rings is 1. The second kappa shape index (κ2) is 7.50. The second-order valence-electron chi connectivity index (χ2n) is 5.59. The number of para-hydroxylation sites is 1. The van der Waals surface area contributed by atoms with Gasteiger partial charge in [0.2, 0.25) is 0 Å². The average Bonchev–Trinajstić information content (AvgIpc) is 2.44. The van der Waals surface area contributed by atoms with Crippen molar-refractivity contribution >= 4 is 0 Å². The highest BCUT2D eigenvalue weighted by atomic mass is 16.5. The predicted octanol–water partition coefficient (Wildman–Crippen LogP) is 2.22. The zero-order valence-corrected chi connectivity index (χ0v) is 12.6. The molecule has 1 heterocycles. The maximum atomic E-state index is 10.2. The van der Waals surface area contributed by atoms with E-state index in [9.17, 15) is 5.11 Å². The minimum absolute atomic E-state index is 0.284. The van der Waals surface area contributed by atoms with Gasteiger partial charge in [-0.25, -0.2) is 0 Å². The van der Waals surface area contributed by atoms with Crippen LogP contribution in [0.5, 0.6) is 11.5 Å². The lowest BCUT2D eigenvalue weighted by atomic mass is 9.97. The van der Waals surface area contributed by atoms with Crippen molar-refractivity contribution in [2.24, 2.45) is 5.92 Å². The third-order valence-corrected chi connectivity index (χ3v) is 3.85. The Morgan fingerprint density at radius 3 is 2.80 bits per heavy atom. The smallest absolute Gasteiger partial charge is 0.162 e. The topological polar surface area (TPSA) is 44.7 Å². The summed E-state index contributed by atoms with van der Waals surface area (Å²) in [5.41, 5.74) is 0.937. The Bertz CT molecular complexity index is 417. The summed E-state index contributed by atoms with van der Waals surface area (Å²) in [6, 6.07) is 5.73. The molecule has 1 fully saturated rings. The van der Waals surface area contributed by atoms with E-state index in [1.165, 1.54) is 12.8 Å². The number of piperidine rings is 1. The maximum Gasteiger partial charge on any atom is 0.162 e. The fraction of sp³-hybridized carbons (Fsp3) is 0.625. The molecule has 0 aliphatic carbocycles. The van der Waals surface area contributed by atoms with Gasteiger partial charge in [0.1, 0.15) is 0 Å². The van der Waals surface area contributed by atoms with Gasteiger partial charge in [-0.3, -0.25) is 0 Å². The predicted molar refractivity (Wildman–Crippen MR) is 81.2 cm³/mol. The molecule has 1 aliphatic heterocycles. The van der Waals surface area contributed by atoms with Crippen molar-refractivity contribution < 1.29 is 9.84 Å². The normalized spacial score (nSPS) is 16.6. The van der Waals surface area contributed by atoms with E-state index in [2.05, 4.69) is 17.3 Å². The molecule has 0 unspecified atom stereocenters. The number of nitrogens with zero attached hydrogens (tertiary/aromatic N) is 1. The van der Waals surface area contributed by atoms with E-state index in [4.69, 9.17) is 4.74 Å². The molecule has 2 N–H and O–H groups in total. The summed E-state index contributed by atoms with van der Waals surface area (Å²) < 4.78 is 5.43. The van der Waals surface area contributed by atoms with Crippen LogP contribution in [0.4, 0.5) is 0 Å². The number of aromatic hydroxyl groups is 1. The summed E-state index contributed by atoms with van der Waals surface area (Å²) >= 11 is 0. The quantitative estimate of drug-likeness (QED) is 0.837. The lowest BCUT2D eigenvalue weighted by Gasteiger charge is -2.27. The van der Waals surface area contributed by atoms with Gasteiger partial charge in [-0.15, -0.1) is 0 Å². The molecular weight excluding hydrogens is 252 g/mol. The minimum Gasteiger partial charge on any atom is -0.504 e. The molecule has 2 rings (SSSR count). The molecule has 0 amide bonds. The maximum absolute atomic E-state index is 10.2. The van der Waals surface area contributed by atoms with Gasteiger partial charge in [-0.05, 0) is 51.9 Å². The van der Waals surface area contributed by atoms with Gasteiger partial charge in [-0.2, -0.15) is 0 Å². The Morgan fingerprint density at radius 2 is 2.10 bits per heavy atom. The van der Waals surface area contributed by atoms with Crippen LogP contribution in [0.25, 0.3) is 0 Å². The summed E-state index contributed by atoms with van der Waals surface area (Å²) in [7, 11) is 2.12. The van der Waals surface area contributed by atoms with Gasteiger partial charge in [0, 0.05) is 18.7 Å². The van der Waals surface area contributed by atoms with E-state index in [-0.39, 0.29) is 5.75 Å². The van der Waals surface area contributed by atoms with Crippen molar-refractivity contribution in [3.05, 3.63) is 23.8 Å². The first-order chi connectivity index (χ1) is 9.70. The van der Waals surface area contributed by atoms with Crippen molar-refractivity contribution in [1.82, 2.24) is 10.2 Å². The minimum atomic E-state index is 0.284. The zero-order chi connectivity index (χ0) is 14.4. The average molecular weight is 278 g/mol. The highest BCUT2D eigenvalue weighted by molar-refractivity contribution is 5.45. The first kappa shape index (κ1) is 15.1. The number of phenols is 1. The Labute approximate surface area is 121 Å². The SMILES string of the molecule is CCOc1cccc(CN(C)CC2CCNCC2)c1O. The highest BCUT2D eigenvalue weighted by Gasteiger charge is 2.16. The van der Waals surface area contributed by atoms with Gasteiger partial charge in [-0.1, -0.05) is 12.1 Å². The molecule has 1 aromatic carbocycles. The molecule has 0 aromatic heterocycles. The summed E-state index contributed by atoms with van der Waals surface area (Å²) in [5, 5.41) is 13.6. The van der Waals surface area contributed by atoms with Crippen LogP contribution >= 0.6 is 0 Å². The van der Waals surface area contributed by atoms with Crippen LogP contribution in [-0.2, 0) is 6.54 Å². The number of hydrogen-bond donors (Lipinski definition) is 2. The van der Waals surface area contributed by atoms with Gasteiger partial charge < -0.3 is 20.1 Å². The number of phenolic OH excluding ortho intramolecular Hbond substituents is 1. The molecule has 1 saturated heterocycles. The van der Waals surface area contributed by atoms with Crippen molar-refractivity contribution in [1.29, 1.82) is 0 Å². The Kier molecular flexibility index (Phi) is 5.68. The Hall–Kier alpha value is -1.26. The van der Waals surface area contributed by atoms with Gasteiger partial charge >= 0.3 is 0 Å². The van der Waals surface area contributed by atoms with Gasteiger partial charge in [0.25, 0.3) is 0 Å². The van der Waals surface area contributed by atoms with E-state index < -0.39 is 0 Å². The molecule has 20 heavy (non-hydrogen) atoms. The van der Waals surface area contributed by atoms with E-state index in [1.54, 1.807) is 0 Å². The number of hydrogen-bond acceptors (Lipinski definition) is 4. The highest BCUT2D eigenvalue weighted by Crippen LogP contribution is 2.30. The standard InChI is InChI=1S/C16H26N2O2/c1-3-20-15-6-4-5-14(16(15)19)12-18(2)11-13-7-9-17-10-8-13/h4-6,13,17,19H,3,7-12H2,1-2H3. The van der Waals surface area contributed by atoms with Crippen LogP contribution in [0.1, 0.15) is 25.3 Å².